The molecule has 0 radical (unpaired) electrons. The Kier molecular flexibility index (Phi) is 4.59. The van der Waals surface area contributed by atoms with Gasteiger partial charge in [0.05, 0.1) is 11.4 Å². The van der Waals surface area contributed by atoms with Crippen molar-refractivity contribution in [2.75, 3.05) is 0 Å². The number of rotatable bonds is 4. The summed E-state index contributed by atoms with van der Waals surface area (Å²) < 4.78 is 25.9. The fourth-order valence-corrected chi connectivity index (χ4v) is 3.23. The summed E-state index contributed by atoms with van der Waals surface area (Å²) in [5.74, 6) is 0. The fraction of sp³-hybridized carbons (Fsp3) is 0.231. The summed E-state index contributed by atoms with van der Waals surface area (Å²) >= 11 is 1.44. The molecule has 0 aliphatic carbocycles. The van der Waals surface area contributed by atoms with Gasteiger partial charge in [0.2, 0.25) is 0 Å². The van der Waals surface area contributed by atoms with Gasteiger partial charge in [0, 0.05) is 11.1 Å². The van der Waals surface area contributed by atoms with Crippen LogP contribution in [0.4, 0.5) is 4.79 Å². The van der Waals surface area contributed by atoms with Gasteiger partial charge < -0.3 is 5.32 Å². The molecule has 0 bridgehead atoms. The highest BCUT2D eigenvalue weighted by Gasteiger charge is 2.17. The van der Waals surface area contributed by atoms with Crippen LogP contribution in [0.1, 0.15) is 15.4 Å². The molecule has 2 aromatic rings. The highest BCUT2D eigenvalue weighted by Crippen LogP contribution is 2.11. The molecule has 1 heterocycles. The molecule has 8 heteroatoms. The maximum atomic E-state index is 12.0. The minimum atomic E-state index is -3.85. The van der Waals surface area contributed by atoms with Crippen LogP contribution < -0.4 is 10.0 Å². The van der Waals surface area contributed by atoms with Gasteiger partial charge in [-0.1, -0.05) is 17.7 Å². The van der Waals surface area contributed by atoms with E-state index in [-0.39, 0.29) is 11.4 Å². The van der Waals surface area contributed by atoms with Crippen molar-refractivity contribution in [3.63, 3.8) is 0 Å². The molecule has 2 N–H and O–H groups in total. The summed E-state index contributed by atoms with van der Waals surface area (Å²) in [6.45, 7) is 3.95. The molecule has 112 valence electrons. The average Bonchev–Trinajstić information content (AvgIpc) is 2.82. The van der Waals surface area contributed by atoms with Gasteiger partial charge in [-0.2, -0.15) is 0 Å². The minimum Gasteiger partial charge on any atom is -0.331 e. The van der Waals surface area contributed by atoms with Crippen molar-refractivity contribution in [3.8, 4) is 0 Å². The Morgan fingerprint density at radius 2 is 1.90 bits per heavy atom. The van der Waals surface area contributed by atoms with E-state index in [1.807, 2.05) is 18.6 Å². The molecule has 0 fully saturated rings. The summed E-state index contributed by atoms with van der Waals surface area (Å²) in [7, 11) is -3.85. The third-order valence-corrected chi connectivity index (χ3v) is 4.89. The third kappa shape index (κ3) is 4.27. The van der Waals surface area contributed by atoms with Crippen LogP contribution in [0.3, 0.4) is 0 Å². The Labute approximate surface area is 127 Å². The van der Waals surface area contributed by atoms with E-state index in [1.54, 1.807) is 18.3 Å². The van der Waals surface area contributed by atoms with E-state index in [1.165, 1.54) is 23.5 Å². The van der Waals surface area contributed by atoms with Gasteiger partial charge in [0.25, 0.3) is 10.0 Å². The second-order valence-corrected chi connectivity index (χ2v) is 7.47. The Morgan fingerprint density at radius 3 is 2.48 bits per heavy atom. The number of hydrogen-bond donors (Lipinski definition) is 2. The molecule has 2 amide bonds. The van der Waals surface area contributed by atoms with Crippen LogP contribution in [0.15, 0.2) is 35.4 Å². The first-order valence-electron chi connectivity index (χ1n) is 6.15. The second kappa shape index (κ2) is 6.23. The van der Waals surface area contributed by atoms with E-state index >= 15 is 0 Å². The van der Waals surface area contributed by atoms with Crippen LogP contribution in [0, 0.1) is 13.8 Å². The molecule has 2 rings (SSSR count). The number of urea groups is 1. The molecule has 1 aromatic heterocycles. The predicted octanol–water partition coefficient (Wildman–Crippen LogP) is 1.95. The average molecular weight is 325 g/mol. The molecule has 0 unspecified atom stereocenters. The second-order valence-electron chi connectivity index (χ2n) is 4.47. The normalized spacial score (nSPS) is 11.1. The molecule has 0 spiro atoms. The summed E-state index contributed by atoms with van der Waals surface area (Å²) in [6, 6.07) is 5.48. The number of benzene rings is 1. The Bertz CT molecular complexity index is 736. The quantitative estimate of drug-likeness (QED) is 0.899. The highest BCUT2D eigenvalue weighted by molar-refractivity contribution is 7.90. The largest absolute Gasteiger partial charge is 0.331 e. The lowest BCUT2D eigenvalue weighted by Crippen LogP contribution is -2.39. The zero-order chi connectivity index (χ0) is 15.5. The van der Waals surface area contributed by atoms with Crippen molar-refractivity contribution >= 4 is 27.4 Å². The first-order valence-corrected chi connectivity index (χ1v) is 8.45. The van der Waals surface area contributed by atoms with Crippen LogP contribution in [0.2, 0.25) is 0 Å². The lowest BCUT2D eigenvalue weighted by atomic mass is 10.2. The fourth-order valence-electron chi connectivity index (χ4n) is 1.57. The summed E-state index contributed by atoms with van der Waals surface area (Å²) in [6.07, 6.45) is 1.70. The van der Waals surface area contributed by atoms with E-state index < -0.39 is 16.1 Å². The maximum Gasteiger partial charge on any atom is 0.329 e. The van der Waals surface area contributed by atoms with Gasteiger partial charge in [0.15, 0.2) is 0 Å². The number of thiazole rings is 1. The number of aryl methyl sites for hydroxylation is 2. The minimum absolute atomic E-state index is 0.0494. The molecule has 0 atom stereocenters. The van der Waals surface area contributed by atoms with E-state index in [0.29, 0.717) is 0 Å². The summed E-state index contributed by atoms with van der Waals surface area (Å²) in [5, 5.41) is 3.19. The van der Waals surface area contributed by atoms with Crippen LogP contribution in [-0.4, -0.2) is 19.4 Å². The van der Waals surface area contributed by atoms with Crippen molar-refractivity contribution in [2.24, 2.45) is 0 Å². The molecule has 0 saturated heterocycles. The van der Waals surface area contributed by atoms with Crippen LogP contribution in [0.5, 0.6) is 0 Å². The number of amides is 2. The van der Waals surface area contributed by atoms with E-state index in [2.05, 4.69) is 10.3 Å². The lowest BCUT2D eigenvalue weighted by molar-refractivity contribution is 0.245. The first-order chi connectivity index (χ1) is 9.87. The number of hydrogen-bond acceptors (Lipinski definition) is 5. The predicted molar refractivity (Wildman–Crippen MR) is 80.6 cm³/mol. The Morgan fingerprint density at radius 1 is 1.24 bits per heavy atom. The van der Waals surface area contributed by atoms with Gasteiger partial charge in [-0.3, -0.25) is 0 Å². The third-order valence-electron chi connectivity index (χ3n) is 2.63. The maximum absolute atomic E-state index is 12.0. The number of aromatic nitrogens is 1. The van der Waals surface area contributed by atoms with Gasteiger partial charge >= 0.3 is 6.03 Å². The number of nitrogens with zero attached hydrogens (tertiary/aromatic N) is 1. The number of carbonyl (C=O) groups excluding carboxylic acids is 1. The zero-order valence-corrected chi connectivity index (χ0v) is 13.2. The highest BCUT2D eigenvalue weighted by atomic mass is 32.2. The molecule has 0 aliphatic heterocycles. The van der Waals surface area contributed by atoms with E-state index in [9.17, 15) is 13.2 Å². The molecule has 6 nitrogen and oxygen atoms in total. The van der Waals surface area contributed by atoms with Crippen molar-refractivity contribution in [2.45, 2.75) is 25.3 Å². The standard InChI is InChI=1S/C13H15N3O3S2/c1-9-3-5-11(6-4-9)21(18,19)16-13(17)15-8-12-14-7-10(2)20-12/h3-7H,8H2,1-2H3,(H2,15,16,17). The van der Waals surface area contributed by atoms with E-state index in [4.69, 9.17) is 0 Å². The Hall–Kier alpha value is -1.93. The summed E-state index contributed by atoms with van der Waals surface area (Å²) in [5.41, 5.74) is 0.942. The monoisotopic (exact) mass is 325 g/mol. The first kappa shape index (κ1) is 15.5. The number of nitrogens with one attached hydrogen (secondary N) is 2. The van der Waals surface area contributed by atoms with Crippen molar-refractivity contribution in [1.82, 2.24) is 15.0 Å². The molecular formula is C13H15N3O3S2. The number of carbonyl (C=O) groups is 1. The van der Waals surface area contributed by atoms with Gasteiger partial charge in [-0.15, -0.1) is 11.3 Å². The zero-order valence-electron chi connectivity index (χ0n) is 11.6. The molecule has 0 aliphatic rings. The van der Waals surface area contributed by atoms with Crippen molar-refractivity contribution in [3.05, 3.63) is 45.9 Å². The topological polar surface area (TPSA) is 88.2 Å². The Balaban J connectivity index is 1.96. The van der Waals surface area contributed by atoms with Gasteiger partial charge in [-0.05, 0) is 26.0 Å². The smallest absolute Gasteiger partial charge is 0.329 e. The SMILES string of the molecule is Cc1ccc(S(=O)(=O)NC(=O)NCc2ncc(C)s2)cc1. The molecule has 21 heavy (non-hydrogen) atoms. The van der Waals surface area contributed by atoms with Crippen molar-refractivity contribution < 1.29 is 13.2 Å². The number of sulfonamides is 1. The molecule has 0 saturated carbocycles. The summed E-state index contributed by atoms with van der Waals surface area (Å²) in [4.78, 5) is 16.8. The van der Waals surface area contributed by atoms with Gasteiger partial charge in [0.1, 0.15) is 5.01 Å². The lowest BCUT2D eigenvalue weighted by Gasteiger charge is -2.08. The van der Waals surface area contributed by atoms with Crippen LogP contribution in [-0.2, 0) is 16.6 Å². The molecular weight excluding hydrogens is 310 g/mol. The van der Waals surface area contributed by atoms with Crippen LogP contribution >= 0.6 is 11.3 Å². The van der Waals surface area contributed by atoms with E-state index in [0.717, 1.165) is 15.4 Å². The van der Waals surface area contributed by atoms with Gasteiger partial charge in [-0.25, -0.2) is 22.9 Å². The molecule has 1 aromatic carbocycles. The van der Waals surface area contributed by atoms with Crippen molar-refractivity contribution in [1.29, 1.82) is 0 Å². The van der Waals surface area contributed by atoms with Crippen LogP contribution in [0.25, 0.3) is 0 Å².